The molecule has 0 unspecified atom stereocenters. The minimum absolute atomic E-state index is 0.215. The molecule has 1 heterocycles. The maximum absolute atomic E-state index is 10.3. The molecule has 0 spiro atoms. The van der Waals surface area contributed by atoms with Gasteiger partial charge in [0.15, 0.2) is 0 Å². The molecule has 10 heavy (non-hydrogen) atoms. The Morgan fingerprint density at radius 3 is 2.60 bits per heavy atom. The number of carboxylic acid groups (broad SMARTS) is 1. The fourth-order valence-electron chi connectivity index (χ4n) is 0.655. The van der Waals surface area contributed by atoms with Crippen molar-refractivity contribution in [1.82, 2.24) is 4.57 Å². The fraction of sp³-hybridized carbons (Fsp3) is 0.167. The Balaban J connectivity index is 3.10. The van der Waals surface area contributed by atoms with Gasteiger partial charge in [0.05, 0.1) is 5.56 Å². The first-order valence-electron chi connectivity index (χ1n) is 2.66. The molecular weight excluding hydrogens is 154 g/mol. The summed E-state index contributed by atoms with van der Waals surface area (Å²) in [5.41, 5.74) is 0.215. The molecule has 0 bridgehead atoms. The average Bonchev–Trinajstić information content (AvgIpc) is 2.13. The zero-order valence-corrected chi connectivity index (χ0v) is 6.09. The van der Waals surface area contributed by atoms with Gasteiger partial charge in [-0.25, -0.2) is 4.79 Å². The minimum Gasteiger partial charge on any atom is -0.478 e. The van der Waals surface area contributed by atoms with Gasteiger partial charge in [0.1, 0.15) is 5.15 Å². The average molecular weight is 160 g/mol. The van der Waals surface area contributed by atoms with Gasteiger partial charge >= 0.3 is 5.97 Å². The van der Waals surface area contributed by atoms with E-state index in [9.17, 15) is 4.79 Å². The van der Waals surface area contributed by atoms with Crippen LogP contribution in [0.4, 0.5) is 0 Å². The normalized spacial score (nSPS) is 9.80. The molecule has 1 aromatic rings. The van der Waals surface area contributed by atoms with Crippen molar-refractivity contribution < 1.29 is 9.90 Å². The number of halogens is 1. The maximum Gasteiger partial charge on any atom is 0.337 e. The predicted molar refractivity (Wildman–Crippen MR) is 37.4 cm³/mol. The highest BCUT2D eigenvalue weighted by Crippen LogP contribution is 2.11. The lowest BCUT2D eigenvalue weighted by molar-refractivity contribution is 0.0697. The van der Waals surface area contributed by atoms with E-state index in [1.165, 1.54) is 12.3 Å². The van der Waals surface area contributed by atoms with Crippen molar-refractivity contribution in [2.45, 2.75) is 0 Å². The molecule has 1 rings (SSSR count). The van der Waals surface area contributed by atoms with Gasteiger partial charge in [-0.15, -0.1) is 0 Å². The number of hydrogen-bond donors (Lipinski definition) is 1. The Morgan fingerprint density at radius 2 is 2.40 bits per heavy atom. The van der Waals surface area contributed by atoms with Gasteiger partial charge < -0.3 is 9.67 Å². The lowest BCUT2D eigenvalue weighted by atomic mass is 10.4. The van der Waals surface area contributed by atoms with Gasteiger partial charge in [0, 0.05) is 13.2 Å². The smallest absolute Gasteiger partial charge is 0.337 e. The minimum atomic E-state index is -0.956. The third-order valence-corrected chi connectivity index (χ3v) is 1.57. The summed E-state index contributed by atoms with van der Waals surface area (Å²) in [6.45, 7) is 0. The van der Waals surface area contributed by atoms with Crippen LogP contribution in [0.5, 0.6) is 0 Å². The molecule has 0 atom stereocenters. The lowest BCUT2D eigenvalue weighted by Crippen LogP contribution is -1.92. The van der Waals surface area contributed by atoms with Gasteiger partial charge in [-0.2, -0.15) is 0 Å². The molecule has 0 saturated carbocycles. The highest BCUT2D eigenvalue weighted by molar-refractivity contribution is 6.30. The Bertz CT molecular complexity index is 247. The molecule has 54 valence electrons. The second kappa shape index (κ2) is 2.34. The second-order valence-electron chi connectivity index (χ2n) is 1.97. The van der Waals surface area contributed by atoms with E-state index in [0.29, 0.717) is 5.15 Å². The zero-order chi connectivity index (χ0) is 7.72. The highest BCUT2D eigenvalue weighted by atomic mass is 35.5. The summed E-state index contributed by atoms with van der Waals surface area (Å²) in [7, 11) is 1.69. The van der Waals surface area contributed by atoms with E-state index < -0.39 is 5.97 Å². The third kappa shape index (κ3) is 1.14. The number of carbonyl (C=O) groups is 1. The van der Waals surface area contributed by atoms with Crippen LogP contribution in [-0.2, 0) is 7.05 Å². The predicted octanol–water partition coefficient (Wildman–Crippen LogP) is 1.38. The molecule has 0 aromatic carbocycles. The van der Waals surface area contributed by atoms with Gasteiger partial charge in [0.25, 0.3) is 0 Å². The van der Waals surface area contributed by atoms with Crippen LogP contribution in [0.15, 0.2) is 12.3 Å². The van der Waals surface area contributed by atoms with Crippen molar-refractivity contribution in [2.75, 3.05) is 0 Å². The topological polar surface area (TPSA) is 42.2 Å². The van der Waals surface area contributed by atoms with E-state index in [0.717, 1.165) is 0 Å². The van der Waals surface area contributed by atoms with Crippen molar-refractivity contribution in [3.63, 3.8) is 0 Å². The first kappa shape index (κ1) is 7.15. The molecule has 0 radical (unpaired) electrons. The van der Waals surface area contributed by atoms with Crippen LogP contribution in [0.3, 0.4) is 0 Å². The van der Waals surface area contributed by atoms with E-state index in [4.69, 9.17) is 16.7 Å². The summed E-state index contributed by atoms with van der Waals surface area (Å²) in [4.78, 5) is 10.3. The molecule has 3 nitrogen and oxygen atoms in total. The van der Waals surface area contributed by atoms with Gasteiger partial charge in [-0.1, -0.05) is 11.6 Å². The molecule has 4 heteroatoms. The highest BCUT2D eigenvalue weighted by Gasteiger charge is 2.05. The molecule has 1 N–H and O–H groups in total. The van der Waals surface area contributed by atoms with Crippen LogP contribution < -0.4 is 0 Å². The molecular formula is C6H6ClNO2. The van der Waals surface area contributed by atoms with Gasteiger partial charge in [-0.3, -0.25) is 0 Å². The summed E-state index contributed by atoms with van der Waals surface area (Å²) in [5, 5.41) is 8.88. The lowest BCUT2D eigenvalue weighted by Gasteiger charge is -1.87. The molecule has 0 saturated heterocycles. The molecule has 0 amide bonds. The van der Waals surface area contributed by atoms with Crippen molar-refractivity contribution in [2.24, 2.45) is 7.05 Å². The van der Waals surface area contributed by atoms with E-state index in [1.54, 1.807) is 11.6 Å². The summed E-state index contributed by atoms with van der Waals surface area (Å²) in [6.07, 6.45) is 1.46. The Kier molecular flexibility index (Phi) is 1.68. The van der Waals surface area contributed by atoms with Crippen molar-refractivity contribution in [1.29, 1.82) is 0 Å². The van der Waals surface area contributed by atoms with Crippen molar-refractivity contribution in [3.05, 3.63) is 23.0 Å². The number of hydrogen-bond acceptors (Lipinski definition) is 1. The first-order valence-corrected chi connectivity index (χ1v) is 3.04. The van der Waals surface area contributed by atoms with Crippen LogP contribution in [0, 0.1) is 0 Å². The van der Waals surface area contributed by atoms with E-state index in [-0.39, 0.29) is 5.56 Å². The van der Waals surface area contributed by atoms with Crippen LogP contribution >= 0.6 is 11.6 Å². The maximum atomic E-state index is 10.3. The monoisotopic (exact) mass is 159 g/mol. The fourth-order valence-corrected chi connectivity index (χ4v) is 0.821. The second-order valence-corrected chi connectivity index (χ2v) is 2.35. The van der Waals surface area contributed by atoms with Gasteiger partial charge in [-0.05, 0) is 6.07 Å². The van der Waals surface area contributed by atoms with E-state index in [1.807, 2.05) is 0 Å². The summed E-state index contributed by atoms with van der Waals surface area (Å²) < 4.78 is 1.55. The summed E-state index contributed by atoms with van der Waals surface area (Å²) in [6, 6.07) is 1.41. The first-order chi connectivity index (χ1) is 4.61. The SMILES string of the molecule is Cn1cc(C(=O)O)cc1Cl. The zero-order valence-electron chi connectivity index (χ0n) is 5.34. The van der Waals surface area contributed by atoms with Crippen LogP contribution in [0.25, 0.3) is 0 Å². The molecule has 0 fully saturated rings. The number of carboxylic acids is 1. The molecule has 1 aromatic heterocycles. The quantitative estimate of drug-likeness (QED) is 0.673. The number of aryl methyl sites for hydroxylation is 1. The summed E-state index contributed by atoms with van der Waals surface area (Å²) in [5.74, 6) is -0.956. The number of aromatic carboxylic acids is 1. The van der Waals surface area contributed by atoms with Crippen LogP contribution in [-0.4, -0.2) is 15.6 Å². The largest absolute Gasteiger partial charge is 0.478 e. The molecule has 0 aliphatic rings. The molecule has 0 aliphatic heterocycles. The Hall–Kier alpha value is -0.960. The number of aromatic nitrogens is 1. The van der Waals surface area contributed by atoms with Crippen LogP contribution in [0.2, 0.25) is 5.15 Å². The Morgan fingerprint density at radius 1 is 1.80 bits per heavy atom. The number of nitrogens with zero attached hydrogens (tertiary/aromatic N) is 1. The standard InChI is InChI=1S/C6H6ClNO2/c1-8-3-4(6(9)10)2-5(8)7/h2-3H,1H3,(H,9,10). The van der Waals surface area contributed by atoms with E-state index in [2.05, 4.69) is 0 Å². The summed E-state index contributed by atoms with van der Waals surface area (Å²) >= 11 is 5.57. The Labute approximate surface area is 62.8 Å². The van der Waals surface area contributed by atoms with Crippen LogP contribution in [0.1, 0.15) is 10.4 Å². The molecule has 0 aliphatic carbocycles. The third-order valence-electron chi connectivity index (χ3n) is 1.19. The van der Waals surface area contributed by atoms with Crippen molar-refractivity contribution in [3.8, 4) is 0 Å². The number of rotatable bonds is 1. The van der Waals surface area contributed by atoms with E-state index >= 15 is 0 Å². The van der Waals surface area contributed by atoms with Crippen molar-refractivity contribution >= 4 is 17.6 Å². The van der Waals surface area contributed by atoms with Gasteiger partial charge in [0.2, 0.25) is 0 Å².